The molecule has 1 atom stereocenters. The minimum absolute atomic E-state index is 0.278. The minimum Gasteiger partial charge on any atom is -0.377 e. The summed E-state index contributed by atoms with van der Waals surface area (Å²) in [5.41, 5.74) is 4.06. The van der Waals surface area contributed by atoms with Crippen LogP contribution in [0.15, 0.2) is 18.2 Å². The summed E-state index contributed by atoms with van der Waals surface area (Å²) in [5, 5.41) is 3.51. The van der Waals surface area contributed by atoms with E-state index in [1.807, 2.05) is 0 Å². The van der Waals surface area contributed by atoms with Gasteiger partial charge in [0.1, 0.15) is 0 Å². The van der Waals surface area contributed by atoms with E-state index in [2.05, 4.69) is 58.1 Å². The number of ether oxygens (including phenoxy) is 1. The van der Waals surface area contributed by atoms with Gasteiger partial charge in [-0.25, -0.2) is 0 Å². The Kier molecular flexibility index (Phi) is 5.66. The summed E-state index contributed by atoms with van der Waals surface area (Å²) >= 11 is 0. The molecule has 0 bridgehead atoms. The van der Waals surface area contributed by atoms with Gasteiger partial charge in [0.25, 0.3) is 0 Å². The highest BCUT2D eigenvalue weighted by Gasteiger charge is 2.15. The third kappa shape index (κ3) is 4.14. The molecule has 0 aliphatic carbocycles. The van der Waals surface area contributed by atoms with Crippen molar-refractivity contribution >= 4 is 0 Å². The third-order valence-corrected chi connectivity index (χ3v) is 2.94. The second kappa shape index (κ2) is 6.77. The van der Waals surface area contributed by atoms with E-state index in [1.54, 1.807) is 0 Å². The summed E-state index contributed by atoms with van der Waals surface area (Å²) in [5.74, 6) is 0. The Balaban J connectivity index is 2.88. The first kappa shape index (κ1) is 14.2. The van der Waals surface area contributed by atoms with Gasteiger partial charge in [-0.3, -0.25) is 0 Å². The van der Waals surface area contributed by atoms with Crippen LogP contribution in [0.2, 0.25) is 0 Å². The Morgan fingerprint density at radius 2 is 1.76 bits per heavy atom. The molecule has 1 rings (SSSR count). The number of aryl methyl sites for hydroxylation is 2. The maximum Gasteiger partial charge on any atom is 0.0665 e. The highest BCUT2D eigenvalue weighted by atomic mass is 16.5. The van der Waals surface area contributed by atoms with E-state index in [1.165, 1.54) is 16.7 Å². The van der Waals surface area contributed by atoms with Crippen molar-refractivity contribution in [3.63, 3.8) is 0 Å². The van der Waals surface area contributed by atoms with Gasteiger partial charge in [0.2, 0.25) is 0 Å². The van der Waals surface area contributed by atoms with E-state index in [9.17, 15) is 0 Å². The van der Waals surface area contributed by atoms with Crippen LogP contribution in [0.4, 0.5) is 0 Å². The average molecular weight is 235 g/mol. The summed E-state index contributed by atoms with van der Waals surface area (Å²) in [4.78, 5) is 0. The minimum atomic E-state index is 0.278. The lowest BCUT2D eigenvalue weighted by atomic mass is 9.96. The second-order valence-electron chi connectivity index (χ2n) is 4.80. The lowest BCUT2D eigenvalue weighted by molar-refractivity contribution is 0.0612. The molecule has 1 aromatic rings. The first-order valence-electron chi connectivity index (χ1n) is 6.47. The predicted molar refractivity (Wildman–Crippen MR) is 73.4 cm³/mol. The topological polar surface area (TPSA) is 21.3 Å². The zero-order chi connectivity index (χ0) is 12.8. The maximum atomic E-state index is 5.76. The summed E-state index contributed by atoms with van der Waals surface area (Å²) in [6.45, 7) is 12.3. The van der Waals surface area contributed by atoms with Crippen LogP contribution in [0.25, 0.3) is 0 Å². The number of rotatable bonds is 6. The summed E-state index contributed by atoms with van der Waals surface area (Å²) < 4.78 is 5.76. The number of hydrogen-bond acceptors (Lipinski definition) is 2. The summed E-state index contributed by atoms with van der Waals surface area (Å²) in [6, 6.07) is 6.74. The normalized spacial score (nSPS) is 13.1. The van der Waals surface area contributed by atoms with Gasteiger partial charge < -0.3 is 10.1 Å². The highest BCUT2D eigenvalue weighted by Crippen LogP contribution is 2.22. The van der Waals surface area contributed by atoms with E-state index < -0.39 is 0 Å². The fraction of sp³-hybridized carbons (Fsp3) is 0.600. The number of likely N-dealkylation sites (N-methyl/N-ethyl adjacent to an activating group) is 1. The molecule has 17 heavy (non-hydrogen) atoms. The first-order chi connectivity index (χ1) is 8.06. The molecule has 1 N–H and O–H groups in total. The Labute approximate surface area is 105 Å². The van der Waals surface area contributed by atoms with Crippen molar-refractivity contribution in [1.82, 2.24) is 5.32 Å². The second-order valence-corrected chi connectivity index (χ2v) is 4.80. The van der Waals surface area contributed by atoms with E-state index in [0.29, 0.717) is 6.04 Å². The Bertz CT molecular complexity index is 327. The van der Waals surface area contributed by atoms with E-state index in [0.717, 1.165) is 13.2 Å². The fourth-order valence-corrected chi connectivity index (χ4v) is 2.16. The van der Waals surface area contributed by atoms with Crippen molar-refractivity contribution in [1.29, 1.82) is 0 Å². The lowest BCUT2D eigenvalue weighted by Gasteiger charge is -2.23. The lowest BCUT2D eigenvalue weighted by Crippen LogP contribution is -2.28. The number of benzene rings is 1. The van der Waals surface area contributed by atoms with Crippen LogP contribution < -0.4 is 5.32 Å². The van der Waals surface area contributed by atoms with Gasteiger partial charge in [0.05, 0.1) is 18.8 Å². The fourth-order valence-electron chi connectivity index (χ4n) is 2.16. The maximum absolute atomic E-state index is 5.76. The van der Waals surface area contributed by atoms with Crippen molar-refractivity contribution in [2.75, 3.05) is 13.2 Å². The molecule has 0 fully saturated rings. The molecule has 0 saturated carbocycles. The first-order valence-corrected chi connectivity index (χ1v) is 6.47. The van der Waals surface area contributed by atoms with E-state index in [4.69, 9.17) is 4.74 Å². The van der Waals surface area contributed by atoms with Crippen LogP contribution in [0.1, 0.15) is 43.5 Å². The van der Waals surface area contributed by atoms with Crippen molar-refractivity contribution < 1.29 is 4.74 Å². The van der Waals surface area contributed by atoms with Crippen molar-refractivity contribution in [2.24, 2.45) is 0 Å². The number of hydrogen-bond donors (Lipinski definition) is 1. The molecular weight excluding hydrogens is 210 g/mol. The van der Waals surface area contributed by atoms with Gasteiger partial charge in [-0.2, -0.15) is 0 Å². The predicted octanol–water partition coefficient (Wildman–Crippen LogP) is 3.38. The van der Waals surface area contributed by atoms with Gasteiger partial charge in [0.15, 0.2) is 0 Å². The molecule has 96 valence electrons. The van der Waals surface area contributed by atoms with Crippen LogP contribution in [-0.4, -0.2) is 19.3 Å². The Morgan fingerprint density at radius 1 is 1.18 bits per heavy atom. The molecule has 2 heteroatoms. The SMILES string of the molecule is CCNC(COC(C)C)c1c(C)cccc1C. The van der Waals surface area contributed by atoms with E-state index in [-0.39, 0.29) is 6.10 Å². The summed E-state index contributed by atoms with van der Waals surface area (Å²) in [6.07, 6.45) is 0.278. The van der Waals surface area contributed by atoms with Crippen LogP contribution in [0, 0.1) is 13.8 Å². The van der Waals surface area contributed by atoms with Gasteiger partial charge >= 0.3 is 0 Å². The average Bonchev–Trinajstić information content (AvgIpc) is 2.25. The van der Waals surface area contributed by atoms with Gasteiger partial charge in [0, 0.05) is 0 Å². The Hall–Kier alpha value is -0.860. The molecule has 0 spiro atoms. The van der Waals surface area contributed by atoms with Crippen molar-refractivity contribution in [3.8, 4) is 0 Å². The molecule has 2 nitrogen and oxygen atoms in total. The zero-order valence-electron chi connectivity index (χ0n) is 11.7. The Morgan fingerprint density at radius 3 is 2.24 bits per heavy atom. The highest BCUT2D eigenvalue weighted by molar-refractivity contribution is 5.36. The molecule has 0 aliphatic rings. The molecular formula is C15H25NO. The quantitative estimate of drug-likeness (QED) is 0.816. The monoisotopic (exact) mass is 235 g/mol. The van der Waals surface area contributed by atoms with Crippen LogP contribution >= 0.6 is 0 Å². The molecule has 0 saturated heterocycles. The van der Waals surface area contributed by atoms with Crippen molar-refractivity contribution in [2.45, 2.75) is 46.8 Å². The molecule has 0 aromatic heterocycles. The molecule has 0 amide bonds. The van der Waals surface area contributed by atoms with Gasteiger partial charge in [-0.1, -0.05) is 25.1 Å². The third-order valence-electron chi connectivity index (χ3n) is 2.94. The summed E-state index contributed by atoms with van der Waals surface area (Å²) in [7, 11) is 0. The number of nitrogens with one attached hydrogen (secondary N) is 1. The van der Waals surface area contributed by atoms with Gasteiger partial charge in [-0.15, -0.1) is 0 Å². The largest absolute Gasteiger partial charge is 0.377 e. The molecule has 1 aromatic carbocycles. The zero-order valence-corrected chi connectivity index (χ0v) is 11.7. The van der Waals surface area contributed by atoms with Crippen molar-refractivity contribution in [3.05, 3.63) is 34.9 Å². The van der Waals surface area contributed by atoms with Crippen LogP contribution in [0.5, 0.6) is 0 Å². The smallest absolute Gasteiger partial charge is 0.0665 e. The molecule has 1 unspecified atom stereocenters. The van der Waals surface area contributed by atoms with Gasteiger partial charge in [-0.05, 0) is 50.9 Å². The molecule has 0 aliphatic heterocycles. The van der Waals surface area contributed by atoms with Crippen LogP contribution in [-0.2, 0) is 4.74 Å². The standard InChI is InChI=1S/C15H25NO/c1-6-16-14(10-17-11(2)3)15-12(4)8-7-9-13(15)5/h7-9,11,14,16H,6,10H2,1-5H3. The molecule has 0 heterocycles. The van der Waals surface area contributed by atoms with E-state index >= 15 is 0 Å². The molecule has 0 radical (unpaired) electrons. The van der Waals surface area contributed by atoms with Crippen LogP contribution in [0.3, 0.4) is 0 Å².